The Morgan fingerprint density at radius 2 is 2.40 bits per heavy atom. The molecule has 2 aromatic heterocycles. The minimum absolute atomic E-state index is 0.203. The van der Waals surface area contributed by atoms with Crippen LogP contribution in [-0.4, -0.2) is 17.5 Å². The maximum atomic E-state index is 12.1. The number of fused-ring (bicyclic) bond motifs is 1. The van der Waals surface area contributed by atoms with Crippen LogP contribution < -0.4 is 10.9 Å². The van der Waals surface area contributed by atoms with Gasteiger partial charge in [-0.05, 0) is 23.8 Å². The monoisotopic (exact) mass is 309 g/mol. The van der Waals surface area contributed by atoms with Crippen LogP contribution in [0, 0.1) is 0 Å². The molecule has 7 heteroatoms. The van der Waals surface area contributed by atoms with E-state index in [1.54, 1.807) is 18.3 Å². The van der Waals surface area contributed by atoms with Gasteiger partial charge in [0.1, 0.15) is 0 Å². The third-order valence-corrected chi connectivity index (χ3v) is 4.45. The van der Waals surface area contributed by atoms with Gasteiger partial charge in [-0.2, -0.15) is 0 Å². The van der Waals surface area contributed by atoms with Gasteiger partial charge in [0.2, 0.25) is 0 Å². The number of amides is 1. The van der Waals surface area contributed by atoms with Crippen molar-refractivity contribution in [2.24, 2.45) is 0 Å². The lowest BCUT2D eigenvalue weighted by Gasteiger charge is -2.10. The maximum absolute atomic E-state index is 12.1. The predicted octanol–water partition coefficient (Wildman–Crippen LogP) is 2.63. The van der Waals surface area contributed by atoms with Gasteiger partial charge in [0.25, 0.3) is 5.91 Å². The van der Waals surface area contributed by atoms with Crippen LogP contribution in [0.4, 0.5) is 5.82 Å². The van der Waals surface area contributed by atoms with Crippen molar-refractivity contribution in [3.8, 4) is 0 Å². The molecule has 0 aromatic carbocycles. The first kappa shape index (κ1) is 13.4. The standard InChI is InChI=1S/C13H12ClN3O2S/c14-9-2-1-4-15-12(9)16-17-13(18)11-6-8-7-19-5-3-10(8)20-11/h1-2,4,6H,3,5,7H2,(H,15,16)(H,17,18). The molecule has 1 aliphatic heterocycles. The zero-order chi connectivity index (χ0) is 13.9. The van der Waals surface area contributed by atoms with Crippen molar-refractivity contribution in [3.05, 3.63) is 44.7 Å². The summed E-state index contributed by atoms with van der Waals surface area (Å²) in [6, 6.07) is 5.29. The minimum atomic E-state index is -0.203. The van der Waals surface area contributed by atoms with Crippen LogP contribution in [0.1, 0.15) is 20.1 Å². The number of ether oxygens (including phenoxy) is 1. The van der Waals surface area contributed by atoms with E-state index in [1.165, 1.54) is 16.2 Å². The first-order chi connectivity index (χ1) is 9.74. The number of anilines is 1. The molecule has 3 heterocycles. The van der Waals surface area contributed by atoms with Crippen LogP contribution >= 0.6 is 22.9 Å². The van der Waals surface area contributed by atoms with Crippen molar-refractivity contribution in [1.82, 2.24) is 10.4 Å². The molecule has 0 unspecified atom stereocenters. The number of hydrogen-bond donors (Lipinski definition) is 2. The number of halogens is 1. The first-order valence-corrected chi connectivity index (χ1v) is 7.29. The highest BCUT2D eigenvalue weighted by molar-refractivity contribution is 7.14. The maximum Gasteiger partial charge on any atom is 0.279 e. The number of rotatable bonds is 3. The summed E-state index contributed by atoms with van der Waals surface area (Å²) < 4.78 is 5.37. The average Bonchev–Trinajstić information content (AvgIpc) is 2.90. The van der Waals surface area contributed by atoms with Crippen molar-refractivity contribution in [3.63, 3.8) is 0 Å². The smallest absolute Gasteiger partial charge is 0.279 e. The van der Waals surface area contributed by atoms with Crippen LogP contribution in [-0.2, 0) is 17.8 Å². The van der Waals surface area contributed by atoms with Crippen molar-refractivity contribution in [1.29, 1.82) is 0 Å². The number of nitrogens with one attached hydrogen (secondary N) is 2. The van der Waals surface area contributed by atoms with Gasteiger partial charge in [0, 0.05) is 17.5 Å². The molecule has 0 aliphatic carbocycles. The third kappa shape index (κ3) is 2.77. The number of hydrogen-bond acceptors (Lipinski definition) is 5. The molecular formula is C13H12ClN3O2S. The largest absolute Gasteiger partial charge is 0.376 e. The number of thiophene rings is 1. The number of pyridine rings is 1. The minimum Gasteiger partial charge on any atom is -0.376 e. The molecule has 0 atom stereocenters. The van der Waals surface area contributed by atoms with Gasteiger partial charge >= 0.3 is 0 Å². The Balaban J connectivity index is 1.67. The molecule has 0 bridgehead atoms. The number of carbonyl (C=O) groups excluding carboxylic acids is 1. The van der Waals surface area contributed by atoms with Crippen molar-refractivity contribution in [2.45, 2.75) is 13.0 Å². The second-order valence-electron chi connectivity index (χ2n) is 4.27. The molecule has 3 rings (SSSR count). The number of nitrogens with zero attached hydrogens (tertiary/aromatic N) is 1. The number of hydrazine groups is 1. The van der Waals surface area contributed by atoms with E-state index in [-0.39, 0.29) is 5.91 Å². The fourth-order valence-electron chi connectivity index (χ4n) is 1.91. The van der Waals surface area contributed by atoms with E-state index < -0.39 is 0 Å². The van der Waals surface area contributed by atoms with Crippen LogP contribution in [0.15, 0.2) is 24.4 Å². The summed E-state index contributed by atoms with van der Waals surface area (Å²) in [5, 5.41) is 0.451. The summed E-state index contributed by atoms with van der Waals surface area (Å²) >= 11 is 7.44. The second kappa shape index (κ2) is 5.78. The Bertz CT molecular complexity index is 621. The lowest BCUT2D eigenvalue weighted by atomic mass is 10.2. The highest BCUT2D eigenvalue weighted by Gasteiger charge is 2.17. The van der Waals surface area contributed by atoms with Gasteiger partial charge < -0.3 is 4.74 Å². The lowest BCUT2D eigenvalue weighted by Crippen LogP contribution is -2.29. The Hall–Kier alpha value is -1.63. The summed E-state index contributed by atoms with van der Waals surface area (Å²) in [6.07, 6.45) is 2.47. The summed E-state index contributed by atoms with van der Waals surface area (Å²) in [5.74, 6) is 0.221. The van der Waals surface area contributed by atoms with Gasteiger partial charge in [0.05, 0.1) is 23.1 Å². The van der Waals surface area contributed by atoms with Crippen LogP contribution in [0.25, 0.3) is 0 Å². The Labute approximate surface area is 124 Å². The summed E-state index contributed by atoms with van der Waals surface area (Å²) in [4.78, 5) is 18.0. The van der Waals surface area contributed by atoms with E-state index in [0.717, 1.165) is 18.6 Å². The Morgan fingerprint density at radius 1 is 1.50 bits per heavy atom. The predicted molar refractivity (Wildman–Crippen MR) is 78.0 cm³/mol. The van der Waals surface area contributed by atoms with Crippen molar-refractivity contribution in [2.75, 3.05) is 12.0 Å². The second-order valence-corrected chi connectivity index (χ2v) is 5.82. The molecular weight excluding hydrogens is 298 g/mol. The van der Waals surface area contributed by atoms with Gasteiger partial charge in [-0.15, -0.1) is 11.3 Å². The third-order valence-electron chi connectivity index (χ3n) is 2.90. The lowest BCUT2D eigenvalue weighted by molar-refractivity contribution is 0.0966. The molecule has 1 amide bonds. The van der Waals surface area contributed by atoms with Crippen LogP contribution in [0.3, 0.4) is 0 Å². The van der Waals surface area contributed by atoms with Gasteiger partial charge in [-0.25, -0.2) is 4.98 Å². The summed E-state index contributed by atoms with van der Waals surface area (Å²) in [6.45, 7) is 1.30. The number of aromatic nitrogens is 1. The normalized spacial score (nSPS) is 13.7. The topological polar surface area (TPSA) is 63.2 Å². The van der Waals surface area contributed by atoms with Gasteiger partial charge in [0.15, 0.2) is 5.82 Å². The van der Waals surface area contributed by atoms with Crippen molar-refractivity contribution >= 4 is 34.7 Å². The molecule has 104 valence electrons. The Kier molecular flexibility index (Phi) is 3.86. The van der Waals surface area contributed by atoms with E-state index in [4.69, 9.17) is 16.3 Å². The van der Waals surface area contributed by atoms with E-state index in [0.29, 0.717) is 22.3 Å². The van der Waals surface area contributed by atoms with Gasteiger partial charge in [-0.3, -0.25) is 15.6 Å². The fraction of sp³-hybridized carbons (Fsp3) is 0.231. The highest BCUT2D eigenvalue weighted by atomic mass is 35.5. The molecule has 0 spiro atoms. The quantitative estimate of drug-likeness (QED) is 0.856. The summed E-state index contributed by atoms with van der Waals surface area (Å²) in [5.41, 5.74) is 6.42. The zero-order valence-corrected chi connectivity index (χ0v) is 12.1. The van der Waals surface area contributed by atoms with E-state index in [2.05, 4.69) is 15.8 Å². The average molecular weight is 310 g/mol. The van der Waals surface area contributed by atoms with Crippen LogP contribution in [0.2, 0.25) is 5.02 Å². The molecule has 1 aliphatic rings. The van der Waals surface area contributed by atoms with E-state index in [9.17, 15) is 4.79 Å². The molecule has 0 saturated heterocycles. The molecule has 5 nitrogen and oxygen atoms in total. The van der Waals surface area contributed by atoms with E-state index in [1.807, 2.05) is 6.07 Å². The Morgan fingerprint density at radius 3 is 3.20 bits per heavy atom. The summed E-state index contributed by atoms with van der Waals surface area (Å²) in [7, 11) is 0. The molecule has 2 aromatic rings. The van der Waals surface area contributed by atoms with Gasteiger partial charge in [-0.1, -0.05) is 11.6 Å². The number of carbonyl (C=O) groups is 1. The molecule has 2 N–H and O–H groups in total. The zero-order valence-electron chi connectivity index (χ0n) is 10.5. The van der Waals surface area contributed by atoms with Crippen LogP contribution in [0.5, 0.6) is 0 Å². The van der Waals surface area contributed by atoms with Crippen molar-refractivity contribution < 1.29 is 9.53 Å². The molecule has 0 radical (unpaired) electrons. The highest BCUT2D eigenvalue weighted by Crippen LogP contribution is 2.27. The molecule has 0 saturated carbocycles. The SMILES string of the molecule is O=C(NNc1ncccc1Cl)c1cc2c(s1)CCOC2. The molecule has 20 heavy (non-hydrogen) atoms. The fourth-order valence-corrected chi connectivity index (χ4v) is 3.13. The molecule has 0 fully saturated rings. The first-order valence-electron chi connectivity index (χ1n) is 6.10. The van der Waals surface area contributed by atoms with E-state index >= 15 is 0 Å².